The average Bonchev–Trinajstić information content (AvgIpc) is 3.18. The lowest BCUT2D eigenvalue weighted by Gasteiger charge is -2.33. The van der Waals surface area contributed by atoms with Crippen LogP contribution in [0.3, 0.4) is 0 Å². The van der Waals surface area contributed by atoms with Crippen molar-refractivity contribution in [2.45, 2.75) is 46.2 Å². The van der Waals surface area contributed by atoms with E-state index in [0.717, 1.165) is 27.0 Å². The number of fused-ring (bicyclic) bond motifs is 1. The van der Waals surface area contributed by atoms with E-state index in [-0.39, 0.29) is 17.6 Å². The first-order valence-electron chi connectivity index (χ1n) is 12.3. The molecule has 4 aromatic rings. The number of rotatable bonds is 9. The maximum Gasteiger partial charge on any atom is 0.349 e. The summed E-state index contributed by atoms with van der Waals surface area (Å²) in [5.74, 6) is -0.0716. The molecule has 0 aliphatic carbocycles. The SMILES string of the molecule is CCC(c1cc2c(Br)c(C)nn2c(=O)n1Cc1ccccc1)N(CCCN)C(=O)c1ccc(C)cc1. The Morgan fingerprint density at radius 3 is 2.44 bits per heavy atom. The van der Waals surface area contributed by atoms with E-state index in [1.165, 1.54) is 4.52 Å². The standard InChI is InChI=1S/C28H32BrN5O2/c1-4-23(32(16-8-15-30)27(35)22-13-11-19(2)12-14-22)24-17-25-26(29)20(3)31-34(25)28(36)33(24)18-21-9-6-5-7-10-21/h5-7,9-14,17,23H,4,8,15-16,18,30H2,1-3H3. The summed E-state index contributed by atoms with van der Waals surface area (Å²) in [6.45, 7) is 7.24. The fourth-order valence-corrected chi connectivity index (χ4v) is 4.91. The smallest absolute Gasteiger partial charge is 0.330 e. The van der Waals surface area contributed by atoms with E-state index < -0.39 is 0 Å². The summed E-state index contributed by atoms with van der Waals surface area (Å²) in [6, 6.07) is 19.1. The highest BCUT2D eigenvalue weighted by molar-refractivity contribution is 9.10. The van der Waals surface area contributed by atoms with Crippen LogP contribution in [0.5, 0.6) is 0 Å². The zero-order valence-corrected chi connectivity index (χ0v) is 22.5. The molecular weight excluding hydrogens is 518 g/mol. The van der Waals surface area contributed by atoms with Gasteiger partial charge in [0, 0.05) is 17.8 Å². The second-order valence-corrected chi connectivity index (χ2v) is 9.84. The summed E-state index contributed by atoms with van der Waals surface area (Å²) in [6.07, 6.45) is 1.30. The number of carbonyl (C=O) groups excluding carboxylic acids is 1. The molecule has 1 atom stereocenters. The summed E-state index contributed by atoms with van der Waals surface area (Å²) < 4.78 is 3.96. The quantitative estimate of drug-likeness (QED) is 0.323. The molecule has 0 radical (unpaired) electrons. The molecule has 0 saturated heterocycles. The Bertz CT molecular complexity index is 1410. The van der Waals surface area contributed by atoms with Crippen LogP contribution in [0.2, 0.25) is 0 Å². The molecule has 2 N–H and O–H groups in total. The van der Waals surface area contributed by atoms with Gasteiger partial charge in [-0.15, -0.1) is 0 Å². The minimum Gasteiger partial charge on any atom is -0.330 e. The van der Waals surface area contributed by atoms with E-state index in [1.54, 1.807) is 4.57 Å². The molecule has 1 unspecified atom stereocenters. The Balaban J connectivity index is 1.90. The van der Waals surface area contributed by atoms with Gasteiger partial charge < -0.3 is 10.6 Å². The lowest BCUT2D eigenvalue weighted by Crippen LogP contribution is -2.40. The van der Waals surface area contributed by atoms with Crippen LogP contribution in [0.25, 0.3) is 5.52 Å². The first kappa shape index (κ1) is 25.9. The average molecular weight is 551 g/mol. The van der Waals surface area contributed by atoms with Gasteiger partial charge in [0.15, 0.2) is 0 Å². The number of aryl methyl sites for hydroxylation is 2. The summed E-state index contributed by atoms with van der Waals surface area (Å²) in [4.78, 5) is 29.4. The molecule has 0 bridgehead atoms. The molecule has 0 aliphatic rings. The number of carbonyl (C=O) groups is 1. The van der Waals surface area contributed by atoms with E-state index in [4.69, 9.17) is 5.73 Å². The van der Waals surface area contributed by atoms with Gasteiger partial charge in [0.1, 0.15) is 0 Å². The van der Waals surface area contributed by atoms with Crippen molar-refractivity contribution in [2.24, 2.45) is 5.73 Å². The third-order valence-corrected chi connectivity index (χ3v) is 7.46. The van der Waals surface area contributed by atoms with Crippen LogP contribution in [-0.2, 0) is 6.54 Å². The fourth-order valence-electron chi connectivity index (χ4n) is 4.55. The first-order valence-corrected chi connectivity index (χ1v) is 13.0. The highest BCUT2D eigenvalue weighted by atomic mass is 79.9. The van der Waals surface area contributed by atoms with Crippen LogP contribution in [0.15, 0.2) is 69.9 Å². The summed E-state index contributed by atoms with van der Waals surface area (Å²) >= 11 is 3.60. The molecule has 0 saturated carbocycles. The number of amides is 1. The molecule has 188 valence electrons. The van der Waals surface area contributed by atoms with Crippen molar-refractivity contribution in [3.8, 4) is 0 Å². The number of benzene rings is 2. The molecule has 1 amide bonds. The number of nitrogens with zero attached hydrogens (tertiary/aromatic N) is 4. The molecule has 7 nitrogen and oxygen atoms in total. The lowest BCUT2D eigenvalue weighted by atomic mass is 10.0. The highest BCUT2D eigenvalue weighted by Crippen LogP contribution is 2.30. The maximum absolute atomic E-state index is 13.8. The fraction of sp³-hybridized carbons (Fsp3) is 0.321. The first-order chi connectivity index (χ1) is 17.3. The Kier molecular flexibility index (Phi) is 8.06. The number of hydrogen-bond donors (Lipinski definition) is 1. The van der Waals surface area contributed by atoms with Crippen molar-refractivity contribution < 1.29 is 4.79 Å². The molecule has 4 rings (SSSR count). The number of aromatic nitrogens is 3. The van der Waals surface area contributed by atoms with Gasteiger partial charge in [-0.1, -0.05) is 55.0 Å². The van der Waals surface area contributed by atoms with Crippen LogP contribution in [0.1, 0.15) is 58.7 Å². The van der Waals surface area contributed by atoms with Crippen LogP contribution in [0.4, 0.5) is 0 Å². The third kappa shape index (κ3) is 5.15. The van der Waals surface area contributed by atoms with Crippen LogP contribution in [-0.4, -0.2) is 38.1 Å². The molecule has 2 heterocycles. The normalized spacial score (nSPS) is 12.1. The van der Waals surface area contributed by atoms with Gasteiger partial charge in [-0.3, -0.25) is 9.36 Å². The van der Waals surface area contributed by atoms with Gasteiger partial charge in [0.2, 0.25) is 0 Å². The van der Waals surface area contributed by atoms with Crippen molar-refractivity contribution in [1.29, 1.82) is 0 Å². The van der Waals surface area contributed by atoms with Crippen molar-refractivity contribution >= 4 is 27.4 Å². The van der Waals surface area contributed by atoms with Crippen LogP contribution >= 0.6 is 15.9 Å². The summed E-state index contributed by atoms with van der Waals surface area (Å²) in [7, 11) is 0. The number of halogens is 1. The van der Waals surface area contributed by atoms with E-state index in [1.807, 2.05) is 86.3 Å². The molecular formula is C28H32BrN5O2. The lowest BCUT2D eigenvalue weighted by molar-refractivity contribution is 0.0660. The maximum atomic E-state index is 13.8. The van der Waals surface area contributed by atoms with Gasteiger partial charge in [0.05, 0.1) is 28.3 Å². The molecule has 0 aliphatic heterocycles. The van der Waals surface area contributed by atoms with E-state index in [9.17, 15) is 9.59 Å². The number of nitrogens with two attached hydrogens (primary N) is 1. The van der Waals surface area contributed by atoms with Crippen molar-refractivity contribution in [3.63, 3.8) is 0 Å². The molecule has 0 spiro atoms. The second kappa shape index (κ2) is 11.2. The van der Waals surface area contributed by atoms with E-state index >= 15 is 0 Å². The Morgan fingerprint density at radius 1 is 1.11 bits per heavy atom. The van der Waals surface area contributed by atoms with Gasteiger partial charge >= 0.3 is 5.69 Å². The zero-order valence-electron chi connectivity index (χ0n) is 20.9. The molecule has 2 aromatic heterocycles. The topological polar surface area (TPSA) is 85.6 Å². The zero-order chi connectivity index (χ0) is 25.8. The largest absolute Gasteiger partial charge is 0.349 e. The Morgan fingerprint density at radius 2 is 1.81 bits per heavy atom. The van der Waals surface area contributed by atoms with Crippen molar-refractivity contribution in [3.05, 3.63) is 104 Å². The Hall–Kier alpha value is -3.23. The predicted octanol–water partition coefficient (Wildman–Crippen LogP) is 4.87. The molecule has 8 heteroatoms. The van der Waals surface area contributed by atoms with Crippen molar-refractivity contribution in [2.75, 3.05) is 13.1 Å². The molecule has 36 heavy (non-hydrogen) atoms. The minimum absolute atomic E-state index is 0.0716. The van der Waals surface area contributed by atoms with Gasteiger partial charge in [0.25, 0.3) is 5.91 Å². The van der Waals surface area contributed by atoms with Gasteiger partial charge in [-0.05, 0) is 72.9 Å². The molecule has 0 fully saturated rings. The minimum atomic E-state index is -0.325. The van der Waals surface area contributed by atoms with Crippen LogP contribution < -0.4 is 11.4 Å². The monoisotopic (exact) mass is 549 g/mol. The molecule has 2 aromatic carbocycles. The summed E-state index contributed by atoms with van der Waals surface area (Å²) in [5, 5.41) is 4.47. The van der Waals surface area contributed by atoms with Gasteiger partial charge in [-0.25, -0.2) is 4.79 Å². The van der Waals surface area contributed by atoms with E-state index in [2.05, 4.69) is 21.0 Å². The van der Waals surface area contributed by atoms with Crippen LogP contribution in [0, 0.1) is 13.8 Å². The van der Waals surface area contributed by atoms with Crippen molar-refractivity contribution in [1.82, 2.24) is 19.1 Å². The third-order valence-electron chi connectivity index (χ3n) is 6.48. The second-order valence-electron chi connectivity index (χ2n) is 9.05. The van der Waals surface area contributed by atoms with E-state index in [0.29, 0.717) is 43.6 Å². The predicted molar refractivity (Wildman–Crippen MR) is 146 cm³/mol. The summed E-state index contributed by atoms with van der Waals surface area (Å²) in [5.41, 5.74) is 10.5. The Labute approximate surface area is 219 Å². The number of hydrogen-bond acceptors (Lipinski definition) is 4. The van der Waals surface area contributed by atoms with Gasteiger partial charge in [-0.2, -0.15) is 9.61 Å². The highest BCUT2D eigenvalue weighted by Gasteiger charge is 2.29.